The number of thioether (sulfide) groups is 1. The fourth-order valence-electron chi connectivity index (χ4n) is 1.94. The molecule has 17 heavy (non-hydrogen) atoms. The molecule has 0 bridgehead atoms. The maximum Gasteiger partial charge on any atom is 0.273 e. The van der Waals surface area contributed by atoms with Gasteiger partial charge in [-0.3, -0.25) is 4.99 Å². The molecular weight excluding hydrogens is 254 g/mol. The maximum atomic E-state index is 13.2. The summed E-state index contributed by atoms with van der Waals surface area (Å²) < 4.78 is 31.6. The molecule has 98 valence electrons. The summed E-state index contributed by atoms with van der Waals surface area (Å²) in [5.74, 6) is -3.21. The summed E-state index contributed by atoms with van der Waals surface area (Å²) in [5, 5.41) is 22.8. The van der Waals surface area contributed by atoms with Gasteiger partial charge in [0.1, 0.15) is 17.6 Å². The van der Waals surface area contributed by atoms with Crippen LogP contribution in [-0.2, 0) is 4.74 Å². The van der Waals surface area contributed by atoms with Gasteiger partial charge in [0.15, 0.2) is 11.3 Å². The van der Waals surface area contributed by atoms with Crippen molar-refractivity contribution in [3.05, 3.63) is 0 Å². The highest BCUT2D eigenvalue weighted by Crippen LogP contribution is 2.38. The third-order valence-corrected chi connectivity index (χ3v) is 3.98. The molecule has 2 fully saturated rings. The number of nitrogens with zero attached hydrogens (tertiary/aromatic N) is 1. The zero-order chi connectivity index (χ0) is 12.8. The molecule has 2 saturated heterocycles. The van der Waals surface area contributed by atoms with E-state index in [1.54, 1.807) is 7.05 Å². The molecule has 0 aliphatic carbocycles. The lowest BCUT2D eigenvalue weighted by Crippen LogP contribution is -2.62. The molecule has 5 nitrogen and oxygen atoms in total. The lowest BCUT2D eigenvalue weighted by molar-refractivity contribution is -0.228. The van der Waals surface area contributed by atoms with E-state index in [0.29, 0.717) is 12.1 Å². The van der Waals surface area contributed by atoms with Crippen LogP contribution in [0, 0.1) is 0 Å². The third-order valence-electron chi connectivity index (χ3n) is 2.82. The minimum Gasteiger partial charge on any atom is -0.388 e. The van der Waals surface area contributed by atoms with Gasteiger partial charge >= 0.3 is 0 Å². The van der Waals surface area contributed by atoms with E-state index in [0.717, 1.165) is 11.8 Å². The minimum atomic E-state index is -3.21. The van der Waals surface area contributed by atoms with Crippen molar-refractivity contribution in [2.45, 2.75) is 42.6 Å². The molecule has 5 unspecified atom stereocenters. The first kappa shape index (κ1) is 13.0. The Balaban J connectivity index is 2.19. The van der Waals surface area contributed by atoms with E-state index in [1.807, 2.05) is 0 Å². The molecule has 5 atom stereocenters. The Labute approximate surface area is 101 Å². The second-order valence-electron chi connectivity index (χ2n) is 4.18. The van der Waals surface area contributed by atoms with Crippen LogP contribution in [0.4, 0.5) is 8.78 Å². The van der Waals surface area contributed by atoms with E-state index in [2.05, 4.69) is 10.3 Å². The number of aliphatic imine (C=N–C) groups is 1. The number of aliphatic hydroxyl groups is 2. The van der Waals surface area contributed by atoms with Gasteiger partial charge in [0.05, 0.1) is 6.04 Å². The number of fused-ring (bicyclic) bond motifs is 1. The van der Waals surface area contributed by atoms with Crippen molar-refractivity contribution >= 4 is 16.9 Å². The van der Waals surface area contributed by atoms with Crippen LogP contribution in [-0.4, -0.2) is 58.1 Å². The standard InChI is InChI=1S/C9H14F2N2O3S/c1-9(10,11)6-5(15)4(14)3-7(16-6)17-8(12-2)13-3/h3-7,14-15H,1-2H3,(H,12,13). The molecule has 0 aromatic carbocycles. The van der Waals surface area contributed by atoms with Gasteiger partial charge in [-0.05, 0) is 0 Å². The van der Waals surface area contributed by atoms with Crippen LogP contribution >= 0.6 is 11.8 Å². The number of nitrogens with one attached hydrogen (secondary N) is 1. The highest BCUT2D eigenvalue weighted by molar-refractivity contribution is 8.14. The van der Waals surface area contributed by atoms with Crippen LogP contribution < -0.4 is 5.32 Å². The zero-order valence-electron chi connectivity index (χ0n) is 9.30. The topological polar surface area (TPSA) is 74.1 Å². The number of ether oxygens (including phenoxy) is 1. The molecule has 2 aliphatic rings. The molecule has 2 heterocycles. The zero-order valence-corrected chi connectivity index (χ0v) is 10.1. The van der Waals surface area contributed by atoms with E-state index >= 15 is 0 Å². The fraction of sp³-hybridized carbons (Fsp3) is 0.889. The average Bonchev–Trinajstić information content (AvgIpc) is 2.65. The monoisotopic (exact) mass is 268 g/mol. The Morgan fingerprint density at radius 1 is 1.41 bits per heavy atom. The Morgan fingerprint density at radius 3 is 2.59 bits per heavy atom. The Morgan fingerprint density at radius 2 is 2.06 bits per heavy atom. The van der Waals surface area contributed by atoms with Gasteiger partial charge in [0.25, 0.3) is 5.92 Å². The van der Waals surface area contributed by atoms with Crippen LogP contribution in [0.3, 0.4) is 0 Å². The van der Waals surface area contributed by atoms with Gasteiger partial charge < -0.3 is 20.3 Å². The Kier molecular flexibility index (Phi) is 3.32. The summed E-state index contributed by atoms with van der Waals surface area (Å²) in [6.07, 6.45) is -4.64. The number of amidine groups is 1. The number of aliphatic hydroxyl groups excluding tert-OH is 2. The first-order valence-corrected chi connectivity index (χ1v) is 6.02. The number of halogens is 2. The molecule has 3 N–H and O–H groups in total. The minimum absolute atomic E-state index is 0.506. The van der Waals surface area contributed by atoms with Crippen LogP contribution in [0.5, 0.6) is 0 Å². The molecule has 0 amide bonds. The molecule has 0 saturated carbocycles. The summed E-state index contributed by atoms with van der Waals surface area (Å²) in [7, 11) is 1.54. The molecular formula is C9H14F2N2O3S. The third kappa shape index (κ3) is 2.26. The molecule has 0 aromatic heterocycles. The van der Waals surface area contributed by atoms with E-state index in [-0.39, 0.29) is 0 Å². The normalized spacial score (nSPS) is 44.6. The predicted octanol–water partition coefficient (Wildman–Crippen LogP) is -0.221. The van der Waals surface area contributed by atoms with Crippen molar-refractivity contribution in [3.8, 4) is 0 Å². The second-order valence-corrected chi connectivity index (χ2v) is 5.27. The first-order valence-electron chi connectivity index (χ1n) is 5.14. The smallest absolute Gasteiger partial charge is 0.273 e. The molecule has 0 spiro atoms. The molecule has 0 radical (unpaired) electrons. The van der Waals surface area contributed by atoms with Crippen molar-refractivity contribution in [2.24, 2.45) is 4.99 Å². The van der Waals surface area contributed by atoms with Gasteiger partial charge in [-0.25, -0.2) is 8.78 Å². The van der Waals surface area contributed by atoms with Crippen LogP contribution in [0.1, 0.15) is 6.92 Å². The van der Waals surface area contributed by atoms with Crippen LogP contribution in [0.15, 0.2) is 4.99 Å². The van der Waals surface area contributed by atoms with Crippen LogP contribution in [0.25, 0.3) is 0 Å². The van der Waals surface area contributed by atoms with E-state index in [9.17, 15) is 19.0 Å². The van der Waals surface area contributed by atoms with E-state index < -0.39 is 35.7 Å². The fourth-order valence-corrected chi connectivity index (χ4v) is 3.02. The number of hydrogen-bond donors (Lipinski definition) is 3. The summed E-state index contributed by atoms with van der Waals surface area (Å²) in [5.41, 5.74) is -0.664. The van der Waals surface area contributed by atoms with Crippen molar-refractivity contribution in [3.63, 3.8) is 0 Å². The predicted molar refractivity (Wildman–Crippen MR) is 59.2 cm³/mol. The molecule has 2 rings (SSSR count). The van der Waals surface area contributed by atoms with Crippen molar-refractivity contribution < 1.29 is 23.7 Å². The van der Waals surface area contributed by atoms with Crippen molar-refractivity contribution in [2.75, 3.05) is 7.05 Å². The first-order chi connectivity index (χ1) is 7.84. The van der Waals surface area contributed by atoms with Crippen molar-refractivity contribution in [1.82, 2.24) is 5.32 Å². The number of hydrogen-bond acceptors (Lipinski definition) is 5. The number of rotatable bonds is 1. The van der Waals surface area contributed by atoms with E-state index in [4.69, 9.17) is 4.74 Å². The summed E-state index contributed by atoms with van der Waals surface area (Å²) in [6, 6.07) is -0.618. The highest BCUT2D eigenvalue weighted by atomic mass is 32.2. The van der Waals surface area contributed by atoms with Crippen LogP contribution in [0.2, 0.25) is 0 Å². The Hall–Kier alpha value is -0.440. The molecule has 0 aromatic rings. The second kappa shape index (κ2) is 4.34. The SMILES string of the molecule is CN=C1NC2C(OC(C(C)(F)F)C(O)C2O)S1. The number of alkyl halides is 2. The average molecular weight is 268 g/mol. The lowest BCUT2D eigenvalue weighted by atomic mass is 9.95. The van der Waals surface area contributed by atoms with Gasteiger partial charge in [-0.15, -0.1) is 0 Å². The quantitative estimate of drug-likeness (QED) is 0.613. The lowest BCUT2D eigenvalue weighted by Gasteiger charge is -2.40. The summed E-state index contributed by atoms with van der Waals surface area (Å²) in [6.45, 7) is 0.663. The summed E-state index contributed by atoms with van der Waals surface area (Å²) in [4.78, 5) is 3.87. The van der Waals surface area contributed by atoms with Crippen molar-refractivity contribution in [1.29, 1.82) is 0 Å². The highest BCUT2D eigenvalue weighted by Gasteiger charge is 2.55. The molecule has 2 aliphatic heterocycles. The van der Waals surface area contributed by atoms with E-state index in [1.165, 1.54) is 0 Å². The van der Waals surface area contributed by atoms with Gasteiger partial charge in [0, 0.05) is 14.0 Å². The molecule has 8 heteroatoms. The van der Waals surface area contributed by atoms with Gasteiger partial charge in [-0.2, -0.15) is 0 Å². The summed E-state index contributed by atoms with van der Waals surface area (Å²) >= 11 is 1.13. The van der Waals surface area contributed by atoms with Gasteiger partial charge in [-0.1, -0.05) is 11.8 Å². The maximum absolute atomic E-state index is 13.2. The van der Waals surface area contributed by atoms with Gasteiger partial charge in [0.2, 0.25) is 0 Å². The Bertz CT molecular complexity index is 337. The largest absolute Gasteiger partial charge is 0.388 e.